The van der Waals surface area contributed by atoms with Crippen molar-refractivity contribution in [3.63, 3.8) is 0 Å². The molecule has 0 spiro atoms. The second-order valence-electron chi connectivity index (χ2n) is 7.32. The van der Waals surface area contributed by atoms with Gasteiger partial charge in [0.2, 0.25) is 0 Å². The molecule has 8 heteroatoms. The predicted octanol–water partition coefficient (Wildman–Crippen LogP) is 3.61. The van der Waals surface area contributed by atoms with Crippen LogP contribution in [0.25, 0.3) is 0 Å². The summed E-state index contributed by atoms with van der Waals surface area (Å²) in [4.78, 5) is 24.6. The Labute approximate surface area is 188 Å². The molecule has 0 fully saturated rings. The molecule has 2 aromatic carbocycles. The number of ether oxygens (including phenoxy) is 2. The normalized spacial score (nSPS) is 10.5. The zero-order chi connectivity index (χ0) is 22.6. The Hall–Kier alpha value is -2.97. The van der Waals surface area contributed by atoms with Crippen molar-refractivity contribution in [2.75, 3.05) is 32.2 Å². The smallest absolute Gasteiger partial charge is 0.257 e. The zero-order valence-electron chi connectivity index (χ0n) is 18.1. The number of thiocarbonyl (C=S) groups is 1. The van der Waals surface area contributed by atoms with Crippen LogP contribution in [0.2, 0.25) is 0 Å². The average Bonchev–Trinajstić information content (AvgIpc) is 2.75. The number of nitrogens with one attached hydrogen (secondary N) is 3. The maximum Gasteiger partial charge on any atom is 0.257 e. The van der Waals surface area contributed by atoms with Gasteiger partial charge in [0.05, 0.1) is 6.61 Å². The number of hydrogen-bond donors (Lipinski definition) is 3. The minimum absolute atomic E-state index is 0.155. The van der Waals surface area contributed by atoms with Gasteiger partial charge in [-0.3, -0.25) is 14.9 Å². The number of anilines is 1. The van der Waals surface area contributed by atoms with Gasteiger partial charge in [-0.1, -0.05) is 19.9 Å². The average molecular weight is 444 g/mol. The monoisotopic (exact) mass is 443 g/mol. The fraction of sp³-hybridized carbons (Fsp3) is 0.348. The second-order valence-corrected chi connectivity index (χ2v) is 7.73. The van der Waals surface area contributed by atoms with Crippen molar-refractivity contribution in [1.29, 1.82) is 0 Å². The van der Waals surface area contributed by atoms with Crippen molar-refractivity contribution in [2.24, 2.45) is 5.92 Å². The third-order valence-electron chi connectivity index (χ3n) is 4.12. The van der Waals surface area contributed by atoms with E-state index in [1.807, 2.05) is 6.07 Å². The van der Waals surface area contributed by atoms with Crippen molar-refractivity contribution in [3.8, 4) is 5.75 Å². The van der Waals surface area contributed by atoms with Gasteiger partial charge in [0.1, 0.15) is 5.75 Å². The first-order valence-corrected chi connectivity index (χ1v) is 10.5. The minimum atomic E-state index is -0.334. The Bertz CT molecular complexity index is 885. The van der Waals surface area contributed by atoms with Gasteiger partial charge in [0, 0.05) is 37.1 Å². The maximum absolute atomic E-state index is 12.5. The van der Waals surface area contributed by atoms with Gasteiger partial charge < -0.3 is 20.1 Å². The fourth-order valence-corrected chi connectivity index (χ4v) is 2.76. The largest absolute Gasteiger partial charge is 0.493 e. The number of rotatable bonds is 10. The molecule has 0 heterocycles. The summed E-state index contributed by atoms with van der Waals surface area (Å²) in [5, 5.41) is 8.58. The van der Waals surface area contributed by atoms with Gasteiger partial charge >= 0.3 is 0 Å². The van der Waals surface area contributed by atoms with E-state index in [1.54, 1.807) is 49.6 Å². The molecule has 0 radical (unpaired) electrons. The van der Waals surface area contributed by atoms with E-state index in [4.69, 9.17) is 21.7 Å². The molecule has 0 aliphatic heterocycles. The van der Waals surface area contributed by atoms with Crippen LogP contribution in [-0.4, -0.2) is 43.8 Å². The van der Waals surface area contributed by atoms with E-state index in [9.17, 15) is 9.59 Å². The zero-order valence-corrected chi connectivity index (χ0v) is 18.9. The number of hydrogen-bond acceptors (Lipinski definition) is 5. The van der Waals surface area contributed by atoms with E-state index in [0.29, 0.717) is 48.2 Å². The van der Waals surface area contributed by atoms with Gasteiger partial charge in [-0.25, -0.2) is 0 Å². The molecule has 0 saturated carbocycles. The number of carbonyl (C=O) groups excluding carboxylic acids is 2. The van der Waals surface area contributed by atoms with Gasteiger partial charge in [-0.15, -0.1) is 0 Å². The minimum Gasteiger partial charge on any atom is -0.493 e. The summed E-state index contributed by atoms with van der Waals surface area (Å²) in [6.07, 6.45) is 0.753. The SMILES string of the molecule is COCCCNC(=O)c1ccc(NC(=S)NC(=O)c2cccc(OCC(C)C)c2)cc1. The number of benzene rings is 2. The van der Waals surface area contributed by atoms with Crippen molar-refractivity contribution < 1.29 is 19.1 Å². The molecule has 2 rings (SSSR count). The van der Waals surface area contributed by atoms with Crippen LogP contribution >= 0.6 is 12.2 Å². The first kappa shape index (κ1) is 24.3. The van der Waals surface area contributed by atoms with E-state index >= 15 is 0 Å². The van der Waals surface area contributed by atoms with Crippen molar-refractivity contribution in [2.45, 2.75) is 20.3 Å². The highest BCUT2D eigenvalue weighted by Gasteiger charge is 2.10. The Morgan fingerprint density at radius 2 is 1.77 bits per heavy atom. The summed E-state index contributed by atoms with van der Waals surface area (Å²) < 4.78 is 10.6. The lowest BCUT2D eigenvalue weighted by atomic mass is 10.2. The molecule has 166 valence electrons. The van der Waals surface area contributed by atoms with Crippen LogP contribution in [0.5, 0.6) is 5.75 Å². The molecule has 0 aliphatic carbocycles. The molecule has 3 N–H and O–H groups in total. The topological polar surface area (TPSA) is 88.7 Å². The summed E-state index contributed by atoms with van der Waals surface area (Å²) in [5.41, 5.74) is 1.65. The number of amides is 2. The molecule has 0 aliphatic rings. The van der Waals surface area contributed by atoms with Crippen molar-refractivity contribution >= 4 is 34.8 Å². The van der Waals surface area contributed by atoms with Crippen molar-refractivity contribution in [1.82, 2.24) is 10.6 Å². The highest BCUT2D eigenvalue weighted by molar-refractivity contribution is 7.80. The van der Waals surface area contributed by atoms with Crippen LogP contribution in [0.3, 0.4) is 0 Å². The molecule has 0 atom stereocenters. The Kier molecular flexibility index (Phi) is 9.93. The lowest BCUT2D eigenvalue weighted by Gasteiger charge is -2.12. The van der Waals surface area contributed by atoms with E-state index in [-0.39, 0.29) is 16.9 Å². The number of carbonyl (C=O) groups is 2. The summed E-state index contributed by atoms with van der Waals surface area (Å²) in [7, 11) is 1.62. The second kappa shape index (κ2) is 12.7. The van der Waals surface area contributed by atoms with Crippen LogP contribution in [0, 0.1) is 5.92 Å². The van der Waals surface area contributed by atoms with Crippen LogP contribution in [0.1, 0.15) is 41.0 Å². The molecule has 2 amide bonds. The molecule has 0 bridgehead atoms. The van der Waals surface area contributed by atoms with Crippen LogP contribution in [-0.2, 0) is 4.74 Å². The quantitative estimate of drug-likeness (QED) is 0.384. The lowest BCUT2D eigenvalue weighted by molar-refractivity contribution is 0.0946. The molecule has 0 saturated heterocycles. The lowest BCUT2D eigenvalue weighted by Crippen LogP contribution is -2.34. The van der Waals surface area contributed by atoms with Crippen LogP contribution < -0.4 is 20.7 Å². The first-order chi connectivity index (χ1) is 14.9. The van der Waals surface area contributed by atoms with Gasteiger partial charge in [0.15, 0.2) is 5.11 Å². The molecule has 7 nitrogen and oxygen atoms in total. The molecular weight excluding hydrogens is 414 g/mol. The summed E-state index contributed by atoms with van der Waals surface area (Å²) in [5.74, 6) is 0.538. The molecule has 2 aromatic rings. The third-order valence-corrected chi connectivity index (χ3v) is 4.33. The van der Waals surface area contributed by atoms with E-state index in [0.717, 1.165) is 6.42 Å². The van der Waals surface area contributed by atoms with Gasteiger partial charge in [0.25, 0.3) is 11.8 Å². The summed E-state index contributed by atoms with van der Waals surface area (Å²) in [6.45, 7) is 5.84. The maximum atomic E-state index is 12.5. The Morgan fingerprint density at radius 1 is 1.03 bits per heavy atom. The highest BCUT2D eigenvalue weighted by atomic mass is 32.1. The summed E-state index contributed by atoms with van der Waals surface area (Å²) >= 11 is 5.23. The molecular formula is C23H29N3O4S. The number of methoxy groups -OCH3 is 1. The Balaban J connectivity index is 1.86. The fourth-order valence-electron chi connectivity index (χ4n) is 2.55. The Morgan fingerprint density at radius 3 is 2.45 bits per heavy atom. The van der Waals surface area contributed by atoms with Crippen LogP contribution in [0.4, 0.5) is 5.69 Å². The predicted molar refractivity (Wildman–Crippen MR) is 126 cm³/mol. The van der Waals surface area contributed by atoms with E-state index in [2.05, 4.69) is 29.8 Å². The highest BCUT2D eigenvalue weighted by Crippen LogP contribution is 2.15. The van der Waals surface area contributed by atoms with E-state index < -0.39 is 0 Å². The molecule has 0 aromatic heterocycles. The van der Waals surface area contributed by atoms with Crippen LogP contribution in [0.15, 0.2) is 48.5 Å². The van der Waals surface area contributed by atoms with E-state index in [1.165, 1.54) is 0 Å². The van der Waals surface area contributed by atoms with Gasteiger partial charge in [-0.2, -0.15) is 0 Å². The van der Waals surface area contributed by atoms with Gasteiger partial charge in [-0.05, 0) is 67.0 Å². The standard InChI is InChI=1S/C23H29N3O4S/c1-16(2)15-30-20-7-4-6-18(14-20)22(28)26-23(31)25-19-10-8-17(9-11-19)21(27)24-12-5-13-29-3/h4,6-11,14,16H,5,12-13,15H2,1-3H3,(H,24,27)(H2,25,26,28,31). The first-order valence-electron chi connectivity index (χ1n) is 10.1. The molecule has 31 heavy (non-hydrogen) atoms. The summed E-state index contributed by atoms with van der Waals surface area (Å²) in [6, 6.07) is 13.8. The van der Waals surface area contributed by atoms with Crippen molar-refractivity contribution in [3.05, 3.63) is 59.7 Å². The molecule has 0 unspecified atom stereocenters. The third kappa shape index (κ3) is 8.74.